The Morgan fingerprint density at radius 2 is 1.82 bits per heavy atom. The number of halogens is 1. The van der Waals surface area contributed by atoms with Gasteiger partial charge in [-0.25, -0.2) is 13.8 Å². The molecule has 0 aliphatic rings. The van der Waals surface area contributed by atoms with Crippen molar-refractivity contribution < 1.29 is 32.4 Å². The van der Waals surface area contributed by atoms with Crippen LogP contribution in [-0.4, -0.2) is 24.3 Å². The third-order valence-corrected chi connectivity index (χ3v) is 3.77. The summed E-state index contributed by atoms with van der Waals surface area (Å²) in [4.78, 5) is 11.1. The van der Waals surface area contributed by atoms with Crippen LogP contribution in [0.1, 0.15) is 15.9 Å². The molecular formula is C14H16FO6P. The molecule has 0 saturated carbocycles. The summed E-state index contributed by atoms with van der Waals surface area (Å²) in [7, 11) is -3.94. The minimum Gasteiger partial charge on any atom is -0.478 e. The lowest BCUT2D eigenvalue weighted by Crippen LogP contribution is -2.08. The molecule has 1 rings (SSSR count). The van der Waals surface area contributed by atoms with E-state index < -0.39 is 31.8 Å². The quantitative estimate of drug-likeness (QED) is 0.522. The Morgan fingerprint density at radius 1 is 1.23 bits per heavy atom. The maximum Gasteiger partial charge on any atom is 0.475 e. The molecule has 1 aromatic carbocycles. The number of rotatable bonds is 10. The zero-order chi connectivity index (χ0) is 16.6. The topological polar surface area (TPSA) is 82.1 Å². The third kappa shape index (κ3) is 5.20. The fraction of sp³-hybridized carbons (Fsp3) is 0.214. The van der Waals surface area contributed by atoms with E-state index in [2.05, 4.69) is 13.2 Å². The van der Waals surface area contributed by atoms with E-state index in [1.54, 1.807) is 0 Å². The van der Waals surface area contributed by atoms with Crippen LogP contribution in [-0.2, 0) is 24.7 Å². The number of benzene rings is 1. The summed E-state index contributed by atoms with van der Waals surface area (Å²) < 4.78 is 40.7. The van der Waals surface area contributed by atoms with Crippen LogP contribution >= 0.6 is 7.82 Å². The molecule has 0 aromatic heterocycles. The van der Waals surface area contributed by atoms with Gasteiger partial charge in [0.15, 0.2) is 0 Å². The fourth-order valence-corrected chi connectivity index (χ4v) is 2.57. The largest absolute Gasteiger partial charge is 0.478 e. The molecule has 1 N–H and O–H groups in total. The minimum atomic E-state index is -3.94. The normalized spacial score (nSPS) is 11.1. The van der Waals surface area contributed by atoms with E-state index in [9.17, 15) is 13.8 Å². The Balaban J connectivity index is 2.91. The highest BCUT2D eigenvalue weighted by Crippen LogP contribution is 2.50. The fourth-order valence-electron chi connectivity index (χ4n) is 1.48. The first-order valence-corrected chi connectivity index (χ1v) is 7.65. The molecule has 120 valence electrons. The molecule has 6 nitrogen and oxygen atoms in total. The second kappa shape index (κ2) is 8.60. The van der Waals surface area contributed by atoms with E-state index in [1.165, 1.54) is 24.3 Å². The summed E-state index contributed by atoms with van der Waals surface area (Å²) in [5.41, 5.74) is -0.543. The van der Waals surface area contributed by atoms with Crippen molar-refractivity contribution in [1.29, 1.82) is 0 Å². The van der Waals surface area contributed by atoms with Gasteiger partial charge in [0.25, 0.3) is 0 Å². The number of carboxylic acids is 1. The standard InChI is InChI=1S/C14H16FO6P/c1-3-8-19-22(18,20-9-4-2)21-10-11-6-5-7-12(15)13(11)14(16)17/h3-7H,1-2,8-10H2,(H,16,17). The first kappa shape index (κ1) is 18.3. The van der Waals surface area contributed by atoms with Crippen molar-refractivity contribution in [2.45, 2.75) is 6.61 Å². The molecule has 8 heteroatoms. The maximum atomic E-state index is 13.5. The van der Waals surface area contributed by atoms with Crippen molar-refractivity contribution in [3.05, 3.63) is 60.5 Å². The predicted molar refractivity (Wildman–Crippen MR) is 78.1 cm³/mol. The van der Waals surface area contributed by atoms with Gasteiger partial charge < -0.3 is 5.11 Å². The summed E-state index contributed by atoms with van der Waals surface area (Å²) in [6.07, 6.45) is 2.69. The number of phosphoric acid groups is 1. The number of hydrogen-bond acceptors (Lipinski definition) is 5. The molecule has 0 bridgehead atoms. The van der Waals surface area contributed by atoms with Crippen molar-refractivity contribution in [3.8, 4) is 0 Å². The first-order chi connectivity index (χ1) is 10.4. The highest BCUT2D eigenvalue weighted by molar-refractivity contribution is 7.48. The average molecular weight is 330 g/mol. The van der Waals surface area contributed by atoms with Crippen molar-refractivity contribution >= 4 is 13.8 Å². The number of phosphoric ester groups is 1. The molecular weight excluding hydrogens is 314 g/mol. The van der Waals surface area contributed by atoms with E-state index in [0.717, 1.165) is 6.07 Å². The van der Waals surface area contributed by atoms with Gasteiger partial charge in [-0.2, -0.15) is 0 Å². The van der Waals surface area contributed by atoms with Gasteiger partial charge in [-0.3, -0.25) is 13.6 Å². The molecule has 0 unspecified atom stereocenters. The van der Waals surface area contributed by atoms with Crippen molar-refractivity contribution in [3.63, 3.8) is 0 Å². The highest BCUT2D eigenvalue weighted by Gasteiger charge is 2.27. The number of aromatic carboxylic acids is 1. The summed E-state index contributed by atoms with van der Waals surface area (Å²) in [6, 6.07) is 3.67. The molecule has 22 heavy (non-hydrogen) atoms. The van der Waals surface area contributed by atoms with Gasteiger partial charge >= 0.3 is 13.8 Å². The molecule has 0 fully saturated rings. The zero-order valence-electron chi connectivity index (χ0n) is 11.7. The molecule has 0 saturated heterocycles. The SMILES string of the molecule is C=CCOP(=O)(OCC=C)OCc1cccc(F)c1C(=O)O. The van der Waals surface area contributed by atoms with E-state index in [1.807, 2.05) is 0 Å². The summed E-state index contributed by atoms with van der Waals surface area (Å²) >= 11 is 0. The Hall–Kier alpha value is -1.79. The van der Waals surface area contributed by atoms with Gasteiger partial charge in [-0.15, -0.1) is 13.2 Å². The van der Waals surface area contributed by atoms with Crippen LogP contribution in [0.5, 0.6) is 0 Å². The average Bonchev–Trinajstić information content (AvgIpc) is 2.49. The van der Waals surface area contributed by atoms with Crippen molar-refractivity contribution in [2.24, 2.45) is 0 Å². The molecule has 0 atom stereocenters. The van der Waals surface area contributed by atoms with Gasteiger partial charge in [-0.1, -0.05) is 24.3 Å². The molecule has 0 amide bonds. The van der Waals surface area contributed by atoms with Crippen LogP contribution in [0, 0.1) is 5.82 Å². The van der Waals surface area contributed by atoms with E-state index in [-0.39, 0.29) is 18.8 Å². The molecule has 0 aliphatic carbocycles. The Kier molecular flexibility index (Phi) is 7.14. The second-order valence-electron chi connectivity index (χ2n) is 3.97. The lowest BCUT2D eigenvalue weighted by atomic mass is 10.1. The second-order valence-corrected chi connectivity index (χ2v) is 5.64. The summed E-state index contributed by atoms with van der Waals surface area (Å²) in [6.45, 7) is 6.17. The van der Waals surface area contributed by atoms with E-state index >= 15 is 0 Å². The molecule has 0 radical (unpaired) electrons. The van der Waals surface area contributed by atoms with Crippen molar-refractivity contribution in [2.75, 3.05) is 13.2 Å². The monoisotopic (exact) mass is 330 g/mol. The molecule has 0 spiro atoms. The van der Waals surface area contributed by atoms with Crippen LogP contribution in [0.25, 0.3) is 0 Å². The van der Waals surface area contributed by atoms with Crippen molar-refractivity contribution in [1.82, 2.24) is 0 Å². The summed E-state index contributed by atoms with van der Waals surface area (Å²) in [5.74, 6) is -2.37. The Bertz CT molecular complexity index is 585. The first-order valence-electron chi connectivity index (χ1n) is 6.19. The number of carboxylic acid groups (broad SMARTS) is 1. The van der Waals surface area contributed by atoms with Gasteiger partial charge in [0, 0.05) is 0 Å². The smallest absolute Gasteiger partial charge is 0.475 e. The van der Waals surface area contributed by atoms with Gasteiger partial charge in [0.05, 0.1) is 19.8 Å². The van der Waals surface area contributed by atoms with Crippen LogP contribution in [0.3, 0.4) is 0 Å². The lowest BCUT2D eigenvalue weighted by molar-refractivity contribution is 0.0685. The third-order valence-electron chi connectivity index (χ3n) is 2.39. The minimum absolute atomic E-state index is 0.0112. The Morgan fingerprint density at radius 3 is 2.32 bits per heavy atom. The summed E-state index contributed by atoms with van der Waals surface area (Å²) in [5, 5.41) is 9.01. The zero-order valence-corrected chi connectivity index (χ0v) is 12.6. The number of carbonyl (C=O) groups is 1. The van der Waals surface area contributed by atoms with Gasteiger partial charge in [-0.05, 0) is 11.6 Å². The van der Waals surface area contributed by atoms with E-state index in [4.69, 9.17) is 18.7 Å². The van der Waals surface area contributed by atoms with Crippen LogP contribution < -0.4 is 0 Å². The maximum absolute atomic E-state index is 13.5. The predicted octanol–water partition coefficient (Wildman–Crippen LogP) is 3.55. The van der Waals surface area contributed by atoms with Crippen LogP contribution in [0.4, 0.5) is 4.39 Å². The molecule has 0 aliphatic heterocycles. The van der Waals surface area contributed by atoms with Crippen LogP contribution in [0.15, 0.2) is 43.5 Å². The van der Waals surface area contributed by atoms with Gasteiger partial charge in [0.1, 0.15) is 11.4 Å². The Labute approximate surface area is 127 Å². The van der Waals surface area contributed by atoms with Gasteiger partial charge in [0.2, 0.25) is 0 Å². The lowest BCUT2D eigenvalue weighted by Gasteiger charge is -2.17. The molecule has 0 heterocycles. The highest BCUT2D eigenvalue weighted by atomic mass is 31.2. The molecule has 1 aromatic rings. The number of hydrogen-bond donors (Lipinski definition) is 1. The van der Waals surface area contributed by atoms with Crippen LogP contribution in [0.2, 0.25) is 0 Å². The van der Waals surface area contributed by atoms with E-state index in [0.29, 0.717) is 0 Å².